The molecule has 0 amide bonds. The third-order valence-corrected chi connectivity index (χ3v) is 3.38. The molecule has 0 fully saturated rings. The predicted octanol–water partition coefficient (Wildman–Crippen LogP) is 4.96. The van der Waals surface area contributed by atoms with Crippen molar-refractivity contribution in [1.29, 1.82) is 0 Å². The first-order chi connectivity index (χ1) is 9.49. The predicted molar refractivity (Wildman–Crippen MR) is 82.4 cm³/mol. The molecule has 0 saturated carbocycles. The van der Waals surface area contributed by atoms with Crippen LogP contribution >= 0.6 is 0 Å². The van der Waals surface area contributed by atoms with E-state index >= 15 is 0 Å². The molecule has 0 saturated heterocycles. The number of aliphatic hydroxyl groups excluding tert-OH is 1. The van der Waals surface area contributed by atoms with Gasteiger partial charge in [0.15, 0.2) is 0 Å². The van der Waals surface area contributed by atoms with Gasteiger partial charge in [-0.25, -0.2) is 0 Å². The van der Waals surface area contributed by atoms with Crippen LogP contribution in [0.4, 0.5) is 0 Å². The third-order valence-electron chi connectivity index (χ3n) is 3.38. The molecule has 2 heteroatoms. The molecule has 0 radical (unpaired) electrons. The van der Waals surface area contributed by atoms with Gasteiger partial charge in [-0.3, -0.25) is 0 Å². The molecule has 0 aliphatic carbocycles. The summed E-state index contributed by atoms with van der Waals surface area (Å²) in [6.07, 6.45) is -0.543. The molecule has 2 nitrogen and oxygen atoms in total. The minimum atomic E-state index is -0.543. The van der Waals surface area contributed by atoms with Gasteiger partial charge in [-0.05, 0) is 43.0 Å². The highest BCUT2D eigenvalue weighted by atomic mass is 16.5. The summed E-state index contributed by atoms with van der Waals surface area (Å²) in [5.41, 5.74) is 3.15. The van der Waals surface area contributed by atoms with Crippen LogP contribution in [-0.4, -0.2) is 5.11 Å². The van der Waals surface area contributed by atoms with Crippen molar-refractivity contribution in [2.75, 3.05) is 0 Å². The molecule has 106 valence electrons. The van der Waals surface area contributed by atoms with Gasteiger partial charge in [-0.2, -0.15) is 0 Å². The fraction of sp³-hybridized carbons (Fsp3) is 0.333. The molecule has 2 aromatic rings. The number of hydrogen-bond acceptors (Lipinski definition) is 2. The van der Waals surface area contributed by atoms with Crippen molar-refractivity contribution >= 4 is 0 Å². The Kier molecular flexibility index (Phi) is 4.46. The summed E-state index contributed by atoms with van der Waals surface area (Å²) in [5.74, 6) is 1.98. The largest absolute Gasteiger partial charge is 0.457 e. The van der Waals surface area contributed by atoms with E-state index in [0.717, 1.165) is 17.1 Å². The van der Waals surface area contributed by atoms with E-state index in [1.807, 2.05) is 30.3 Å². The molecule has 0 bridgehead atoms. The van der Waals surface area contributed by atoms with Gasteiger partial charge >= 0.3 is 0 Å². The van der Waals surface area contributed by atoms with Crippen LogP contribution in [0, 0.1) is 6.92 Å². The van der Waals surface area contributed by atoms with E-state index in [-0.39, 0.29) is 0 Å². The topological polar surface area (TPSA) is 29.5 Å². The zero-order chi connectivity index (χ0) is 14.7. The van der Waals surface area contributed by atoms with Crippen LogP contribution in [0.25, 0.3) is 0 Å². The molecule has 0 spiro atoms. The van der Waals surface area contributed by atoms with E-state index < -0.39 is 6.10 Å². The second kappa shape index (κ2) is 6.10. The van der Waals surface area contributed by atoms with Gasteiger partial charge in [-0.1, -0.05) is 44.2 Å². The Bertz CT molecular complexity index is 586. The number of ether oxygens (including phenoxy) is 1. The maximum atomic E-state index is 9.84. The number of aryl methyl sites for hydroxylation is 1. The summed E-state index contributed by atoms with van der Waals surface area (Å²) >= 11 is 0. The Morgan fingerprint density at radius 2 is 1.60 bits per heavy atom. The van der Waals surface area contributed by atoms with E-state index in [4.69, 9.17) is 4.74 Å². The fourth-order valence-electron chi connectivity index (χ4n) is 2.24. The number of aliphatic hydroxyl groups is 1. The molecular weight excluding hydrogens is 248 g/mol. The minimum absolute atomic E-state index is 0.393. The van der Waals surface area contributed by atoms with Crippen LogP contribution in [-0.2, 0) is 0 Å². The monoisotopic (exact) mass is 270 g/mol. The van der Waals surface area contributed by atoms with Crippen molar-refractivity contribution in [3.8, 4) is 11.5 Å². The van der Waals surface area contributed by atoms with E-state index in [1.165, 1.54) is 11.1 Å². The Labute approximate surface area is 121 Å². The first-order valence-corrected chi connectivity index (χ1v) is 7.04. The lowest BCUT2D eigenvalue weighted by Crippen LogP contribution is -1.99. The van der Waals surface area contributed by atoms with Crippen LogP contribution in [0.3, 0.4) is 0 Å². The minimum Gasteiger partial charge on any atom is -0.457 e. The van der Waals surface area contributed by atoms with Crippen molar-refractivity contribution in [1.82, 2.24) is 0 Å². The standard InChI is InChI=1S/C18H22O2/c1-12(2)15-10-9-13(3)11-18(15)20-17-8-6-5-7-16(17)14(4)19/h5-12,14,19H,1-4H3. The SMILES string of the molecule is Cc1ccc(C(C)C)c(Oc2ccccc2C(C)O)c1. The summed E-state index contributed by atoms with van der Waals surface area (Å²) in [6, 6.07) is 13.9. The van der Waals surface area contributed by atoms with E-state index in [2.05, 4.69) is 32.9 Å². The average molecular weight is 270 g/mol. The normalized spacial score (nSPS) is 12.5. The van der Waals surface area contributed by atoms with Gasteiger partial charge in [0.2, 0.25) is 0 Å². The number of para-hydroxylation sites is 1. The number of benzene rings is 2. The molecule has 0 aliphatic rings. The summed E-state index contributed by atoms with van der Waals surface area (Å²) < 4.78 is 6.08. The quantitative estimate of drug-likeness (QED) is 0.850. The lowest BCUT2D eigenvalue weighted by atomic mass is 10.0. The molecule has 2 aromatic carbocycles. The highest BCUT2D eigenvalue weighted by Crippen LogP contribution is 2.34. The average Bonchev–Trinajstić information content (AvgIpc) is 2.38. The number of hydrogen-bond donors (Lipinski definition) is 1. The maximum absolute atomic E-state index is 9.84. The van der Waals surface area contributed by atoms with Crippen molar-refractivity contribution in [2.45, 2.75) is 39.7 Å². The Hall–Kier alpha value is -1.80. The van der Waals surface area contributed by atoms with Gasteiger partial charge in [0, 0.05) is 5.56 Å². The van der Waals surface area contributed by atoms with Crippen molar-refractivity contribution in [3.63, 3.8) is 0 Å². The molecule has 0 heterocycles. The fourth-order valence-corrected chi connectivity index (χ4v) is 2.24. The summed E-state index contributed by atoms with van der Waals surface area (Å²) in [5, 5.41) is 9.84. The zero-order valence-corrected chi connectivity index (χ0v) is 12.6. The zero-order valence-electron chi connectivity index (χ0n) is 12.6. The molecule has 2 rings (SSSR count). The van der Waals surface area contributed by atoms with Crippen molar-refractivity contribution < 1.29 is 9.84 Å². The first-order valence-electron chi connectivity index (χ1n) is 7.04. The first kappa shape index (κ1) is 14.6. The maximum Gasteiger partial charge on any atom is 0.133 e. The van der Waals surface area contributed by atoms with Crippen LogP contribution in [0.2, 0.25) is 0 Å². The molecule has 0 aromatic heterocycles. The second-order valence-corrected chi connectivity index (χ2v) is 5.51. The number of rotatable bonds is 4. The molecule has 1 atom stereocenters. The molecule has 0 aliphatic heterocycles. The van der Waals surface area contributed by atoms with Gasteiger partial charge in [0.1, 0.15) is 11.5 Å². The van der Waals surface area contributed by atoms with Crippen LogP contribution in [0.5, 0.6) is 11.5 Å². The van der Waals surface area contributed by atoms with Gasteiger partial charge in [-0.15, -0.1) is 0 Å². The lowest BCUT2D eigenvalue weighted by Gasteiger charge is -2.17. The van der Waals surface area contributed by atoms with E-state index in [9.17, 15) is 5.11 Å². The smallest absolute Gasteiger partial charge is 0.133 e. The van der Waals surface area contributed by atoms with Crippen molar-refractivity contribution in [2.24, 2.45) is 0 Å². The Balaban J connectivity index is 2.42. The van der Waals surface area contributed by atoms with Crippen LogP contribution < -0.4 is 4.74 Å². The molecule has 1 unspecified atom stereocenters. The van der Waals surface area contributed by atoms with Gasteiger partial charge < -0.3 is 9.84 Å². The van der Waals surface area contributed by atoms with Crippen LogP contribution in [0.15, 0.2) is 42.5 Å². The van der Waals surface area contributed by atoms with Crippen molar-refractivity contribution in [3.05, 3.63) is 59.2 Å². The lowest BCUT2D eigenvalue weighted by molar-refractivity contribution is 0.195. The Morgan fingerprint density at radius 1 is 0.900 bits per heavy atom. The van der Waals surface area contributed by atoms with E-state index in [0.29, 0.717) is 5.92 Å². The highest BCUT2D eigenvalue weighted by molar-refractivity contribution is 5.44. The summed E-state index contributed by atoms with van der Waals surface area (Å²) in [6.45, 7) is 8.11. The van der Waals surface area contributed by atoms with E-state index in [1.54, 1.807) is 6.92 Å². The Morgan fingerprint density at radius 3 is 2.25 bits per heavy atom. The third kappa shape index (κ3) is 3.20. The molecule has 20 heavy (non-hydrogen) atoms. The highest BCUT2D eigenvalue weighted by Gasteiger charge is 2.13. The second-order valence-electron chi connectivity index (χ2n) is 5.51. The summed E-state index contributed by atoms with van der Waals surface area (Å²) in [4.78, 5) is 0. The summed E-state index contributed by atoms with van der Waals surface area (Å²) in [7, 11) is 0. The van der Waals surface area contributed by atoms with Gasteiger partial charge in [0.05, 0.1) is 6.10 Å². The van der Waals surface area contributed by atoms with Gasteiger partial charge in [0.25, 0.3) is 0 Å². The molecule has 1 N–H and O–H groups in total. The molecular formula is C18H22O2. The van der Waals surface area contributed by atoms with Crippen LogP contribution in [0.1, 0.15) is 49.5 Å².